The number of nitrogens with zero attached hydrogens (tertiary/aromatic N) is 6. The van der Waals surface area contributed by atoms with Gasteiger partial charge >= 0.3 is 6.09 Å². The molecule has 11 heteroatoms. The van der Waals surface area contributed by atoms with Crippen LogP contribution >= 0.6 is 0 Å². The number of ether oxygens (including phenoxy) is 1. The number of carbonyl (C=O) groups is 2. The highest BCUT2D eigenvalue weighted by atomic mass is 16.6. The highest BCUT2D eigenvalue weighted by Crippen LogP contribution is 2.34. The number of hydrogen-bond acceptors (Lipinski definition) is 9. The van der Waals surface area contributed by atoms with Crippen LogP contribution in [0.15, 0.2) is 53.6 Å². The summed E-state index contributed by atoms with van der Waals surface area (Å²) >= 11 is 0. The van der Waals surface area contributed by atoms with Gasteiger partial charge in [0.25, 0.3) is 5.56 Å². The van der Waals surface area contributed by atoms with E-state index in [0.717, 1.165) is 47.9 Å². The number of benzene rings is 1. The fourth-order valence-corrected chi connectivity index (χ4v) is 6.34. The minimum atomic E-state index is -0.518. The van der Waals surface area contributed by atoms with Crippen LogP contribution in [-0.2, 0) is 4.74 Å². The Morgan fingerprint density at radius 1 is 0.935 bits per heavy atom. The van der Waals surface area contributed by atoms with Gasteiger partial charge in [0.15, 0.2) is 5.78 Å². The molecular weight excluding hydrogens is 582 g/mol. The first-order chi connectivity index (χ1) is 22.0. The van der Waals surface area contributed by atoms with Crippen molar-refractivity contribution in [3.8, 4) is 11.1 Å². The first-order valence-corrected chi connectivity index (χ1v) is 16.0. The predicted molar refractivity (Wildman–Crippen MR) is 179 cm³/mol. The molecule has 1 aromatic carbocycles. The molecule has 240 valence electrons. The molecule has 4 heterocycles. The van der Waals surface area contributed by atoms with Crippen molar-refractivity contribution in [1.29, 1.82) is 0 Å². The van der Waals surface area contributed by atoms with Crippen molar-refractivity contribution < 1.29 is 14.3 Å². The maximum Gasteiger partial charge on any atom is 0.410 e. The lowest BCUT2D eigenvalue weighted by Crippen LogP contribution is -2.50. The number of aromatic nitrogens is 4. The minimum absolute atomic E-state index is 0.0131. The largest absolute Gasteiger partial charge is 0.444 e. The van der Waals surface area contributed by atoms with E-state index in [1.165, 1.54) is 6.92 Å². The van der Waals surface area contributed by atoms with E-state index >= 15 is 0 Å². The van der Waals surface area contributed by atoms with E-state index in [-0.39, 0.29) is 23.5 Å². The molecule has 2 aliphatic rings. The summed E-state index contributed by atoms with van der Waals surface area (Å²) in [6.45, 7) is 11.6. The lowest BCUT2D eigenvalue weighted by atomic mass is 9.98. The molecule has 3 aromatic heterocycles. The number of fused-ring (bicyclic) bond motifs is 1. The molecule has 0 radical (unpaired) electrons. The fourth-order valence-electron chi connectivity index (χ4n) is 6.34. The Hall–Kier alpha value is -4.80. The van der Waals surface area contributed by atoms with Crippen LogP contribution in [-0.4, -0.2) is 68.1 Å². The molecule has 4 aromatic rings. The van der Waals surface area contributed by atoms with Gasteiger partial charge in [-0.05, 0) is 70.7 Å². The number of carbonyl (C=O) groups excluding carboxylic acids is 2. The molecule has 1 amide bonds. The molecule has 1 aliphatic carbocycles. The standard InChI is InChI=1S/C35H41N7O4/c1-22-28-21-37-33(38-29-15-14-27(20-36-29)40-16-18-41(19-17-40)34(45)46-35(3,4)5)39-31(28)42(26-8-6-7-9-26)32(44)30(22)25-12-10-24(11-13-25)23(2)43/h10-15,20-21,26H,6-9,16-19H2,1-5H3,(H,36,37,38,39). The summed E-state index contributed by atoms with van der Waals surface area (Å²) in [5.74, 6) is 0.938. The second kappa shape index (κ2) is 12.5. The van der Waals surface area contributed by atoms with Gasteiger partial charge in [0.1, 0.15) is 17.1 Å². The van der Waals surface area contributed by atoms with E-state index in [0.29, 0.717) is 54.7 Å². The zero-order chi connectivity index (χ0) is 32.6. The molecule has 2 fully saturated rings. The molecule has 46 heavy (non-hydrogen) atoms. The molecule has 0 atom stereocenters. The zero-order valence-corrected chi connectivity index (χ0v) is 27.2. The number of amides is 1. The third kappa shape index (κ3) is 6.45. The van der Waals surface area contributed by atoms with Crippen molar-refractivity contribution in [2.75, 3.05) is 36.4 Å². The van der Waals surface area contributed by atoms with Crippen molar-refractivity contribution in [3.63, 3.8) is 0 Å². The van der Waals surface area contributed by atoms with Gasteiger partial charge in [0.05, 0.1) is 17.4 Å². The highest BCUT2D eigenvalue weighted by molar-refractivity contribution is 5.95. The topological polar surface area (TPSA) is 123 Å². The molecule has 1 aliphatic heterocycles. The maximum absolute atomic E-state index is 14.2. The predicted octanol–water partition coefficient (Wildman–Crippen LogP) is 6.28. The Bertz CT molecular complexity index is 1810. The lowest BCUT2D eigenvalue weighted by molar-refractivity contribution is 0.0240. The highest BCUT2D eigenvalue weighted by Gasteiger charge is 2.27. The Morgan fingerprint density at radius 2 is 1.63 bits per heavy atom. The lowest BCUT2D eigenvalue weighted by Gasteiger charge is -2.36. The Morgan fingerprint density at radius 3 is 2.24 bits per heavy atom. The van der Waals surface area contributed by atoms with Crippen LogP contribution in [0.5, 0.6) is 0 Å². The van der Waals surface area contributed by atoms with Gasteiger partial charge in [-0.3, -0.25) is 14.2 Å². The monoisotopic (exact) mass is 623 g/mol. The van der Waals surface area contributed by atoms with Gasteiger partial charge < -0.3 is 19.9 Å². The maximum atomic E-state index is 14.2. The molecule has 1 N–H and O–H groups in total. The first kappa shape index (κ1) is 31.2. The van der Waals surface area contributed by atoms with Gasteiger partial charge in [-0.25, -0.2) is 14.8 Å². The van der Waals surface area contributed by atoms with Crippen LogP contribution in [0.4, 0.5) is 22.2 Å². The van der Waals surface area contributed by atoms with Crippen molar-refractivity contribution in [3.05, 3.63) is 70.3 Å². The van der Waals surface area contributed by atoms with Crippen molar-refractivity contribution in [1.82, 2.24) is 24.4 Å². The smallest absolute Gasteiger partial charge is 0.410 e. The number of anilines is 3. The van der Waals surface area contributed by atoms with Crippen LogP contribution < -0.4 is 15.8 Å². The number of hydrogen-bond donors (Lipinski definition) is 1. The van der Waals surface area contributed by atoms with Gasteiger partial charge in [-0.15, -0.1) is 0 Å². The summed E-state index contributed by atoms with van der Waals surface area (Å²) in [4.78, 5) is 56.4. The Labute approximate surface area is 268 Å². The summed E-state index contributed by atoms with van der Waals surface area (Å²) in [6, 6.07) is 11.2. The van der Waals surface area contributed by atoms with E-state index in [1.54, 1.807) is 29.4 Å². The van der Waals surface area contributed by atoms with Crippen molar-refractivity contribution >= 4 is 40.4 Å². The van der Waals surface area contributed by atoms with E-state index < -0.39 is 5.60 Å². The molecule has 1 saturated carbocycles. The second-order valence-corrected chi connectivity index (χ2v) is 13.2. The normalized spacial score (nSPS) is 15.8. The quantitative estimate of drug-likeness (QED) is 0.247. The summed E-state index contributed by atoms with van der Waals surface area (Å²) in [5.41, 5.74) is 3.79. The van der Waals surface area contributed by atoms with Gasteiger partial charge in [-0.1, -0.05) is 37.1 Å². The SMILES string of the molecule is CC(=O)c1ccc(-c2c(C)c3cnc(Nc4ccc(N5CCN(C(=O)OC(C)(C)C)CC5)cn4)nc3n(C3CCCC3)c2=O)cc1. The zero-order valence-electron chi connectivity index (χ0n) is 27.2. The molecule has 1 saturated heterocycles. The van der Waals surface area contributed by atoms with Crippen molar-refractivity contribution in [2.24, 2.45) is 0 Å². The van der Waals surface area contributed by atoms with Crippen LogP contribution in [0.1, 0.15) is 75.3 Å². The third-order valence-electron chi connectivity index (χ3n) is 8.76. The van der Waals surface area contributed by atoms with E-state index in [9.17, 15) is 14.4 Å². The molecule has 6 rings (SSSR count). The first-order valence-electron chi connectivity index (χ1n) is 16.0. The van der Waals surface area contributed by atoms with Crippen LogP contribution in [0.3, 0.4) is 0 Å². The summed E-state index contributed by atoms with van der Waals surface area (Å²) in [6.07, 6.45) is 7.26. The van der Waals surface area contributed by atoms with Crippen LogP contribution in [0.2, 0.25) is 0 Å². The molecule has 0 unspecified atom stereocenters. The molecular formula is C35H41N7O4. The van der Waals surface area contributed by atoms with E-state index in [4.69, 9.17) is 9.72 Å². The number of rotatable bonds is 6. The van der Waals surface area contributed by atoms with E-state index in [2.05, 4.69) is 20.2 Å². The second-order valence-electron chi connectivity index (χ2n) is 13.2. The summed E-state index contributed by atoms with van der Waals surface area (Å²) in [5, 5.41) is 4.04. The van der Waals surface area contributed by atoms with Crippen molar-refractivity contribution in [2.45, 2.75) is 71.9 Å². The number of Topliss-reactive ketones (excluding diaryl/α,β-unsaturated/α-hetero) is 1. The van der Waals surface area contributed by atoms with E-state index in [1.807, 2.05) is 56.5 Å². The van der Waals surface area contributed by atoms with Crippen LogP contribution in [0, 0.1) is 6.92 Å². The number of pyridine rings is 2. The number of nitrogens with one attached hydrogen (secondary N) is 1. The minimum Gasteiger partial charge on any atom is -0.444 e. The Kier molecular flexibility index (Phi) is 8.50. The van der Waals surface area contributed by atoms with Gasteiger partial charge in [-0.2, -0.15) is 4.98 Å². The molecule has 11 nitrogen and oxygen atoms in total. The Balaban J connectivity index is 1.24. The summed E-state index contributed by atoms with van der Waals surface area (Å²) < 4.78 is 7.36. The van der Waals surface area contributed by atoms with Crippen LogP contribution in [0.25, 0.3) is 22.2 Å². The molecule has 0 spiro atoms. The van der Waals surface area contributed by atoms with Gasteiger partial charge in [0, 0.05) is 49.4 Å². The average Bonchev–Trinajstić information content (AvgIpc) is 3.55. The fraction of sp³-hybridized carbons (Fsp3) is 0.429. The number of aryl methyl sites for hydroxylation is 1. The molecule has 0 bridgehead atoms. The third-order valence-corrected chi connectivity index (χ3v) is 8.76. The van der Waals surface area contributed by atoms with Gasteiger partial charge in [0.2, 0.25) is 5.95 Å². The average molecular weight is 624 g/mol. The number of piperazine rings is 1. The number of ketones is 1. The summed E-state index contributed by atoms with van der Waals surface area (Å²) in [7, 11) is 0.